The van der Waals surface area contributed by atoms with E-state index in [0.717, 1.165) is 22.8 Å². The molecule has 18 heavy (non-hydrogen) atoms. The average molecular weight is 259 g/mol. The summed E-state index contributed by atoms with van der Waals surface area (Å²) >= 11 is 4.96. The maximum Gasteiger partial charge on any atom is 0.127 e. The Labute approximate surface area is 110 Å². The number of hydrogen-bond donors (Lipinski definition) is 2. The largest absolute Gasteiger partial charge is 0.389 e. The van der Waals surface area contributed by atoms with Crippen molar-refractivity contribution in [1.29, 1.82) is 0 Å². The Morgan fingerprint density at radius 1 is 1.44 bits per heavy atom. The van der Waals surface area contributed by atoms with E-state index in [0.29, 0.717) is 11.5 Å². The van der Waals surface area contributed by atoms with Gasteiger partial charge in [-0.25, -0.2) is 4.98 Å². The lowest BCUT2D eigenvalue weighted by molar-refractivity contribution is 0.919. The van der Waals surface area contributed by atoms with Gasteiger partial charge in [-0.1, -0.05) is 12.2 Å². The second-order valence-electron chi connectivity index (χ2n) is 3.82. The molecule has 0 unspecified atom stereocenters. The number of rotatable bonds is 4. The molecule has 5 nitrogen and oxygen atoms in total. The van der Waals surface area contributed by atoms with Crippen LogP contribution in [0.25, 0.3) is 0 Å². The molecule has 2 aromatic rings. The smallest absolute Gasteiger partial charge is 0.127 e. The molecule has 6 heteroatoms. The fourth-order valence-corrected chi connectivity index (χ4v) is 1.63. The van der Waals surface area contributed by atoms with Crippen molar-refractivity contribution < 1.29 is 0 Å². The molecule has 0 saturated heterocycles. The van der Waals surface area contributed by atoms with Crippen molar-refractivity contribution in [3.8, 4) is 0 Å². The standard InChI is InChI=1S/C12H13N5S/c1-8-5-9(12(13)18)6-11(16-8)14-7-10-3-2-4-15-17-10/h2-6H,7H2,1H3,(H2,13,18)(H,14,16). The summed E-state index contributed by atoms with van der Waals surface area (Å²) in [5, 5.41) is 11.0. The summed E-state index contributed by atoms with van der Waals surface area (Å²) in [5.41, 5.74) is 8.13. The highest BCUT2D eigenvalue weighted by atomic mass is 32.1. The first-order valence-corrected chi connectivity index (χ1v) is 5.85. The molecule has 2 heterocycles. The lowest BCUT2D eigenvalue weighted by Gasteiger charge is -2.07. The van der Waals surface area contributed by atoms with Crippen molar-refractivity contribution in [2.45, 2.75) is 13.5 Å². The van der Waals surface area contributed by atoms with Gasteiger partial charge in [0.2, 0.25) is 0 Å². The van der Waals surface area contributed by atoms with Crippen LogP contribution in [0.1, 0.15) is 17.0 Å². The molecule has 0 bridgehead atoms. The zero-order valence-electron chi connectivity index (χ0n) is 9.92. The van der Waals surface area contributed by atoms with Gasteiger partial charge in [0.15, 0.2) is 0 Å². The van der Waals surface area contributed by atoms with Gasteiger partial charge in [-0.15, -0.1) is 0 Å². The van der Waals surface area contributed by atoms with Crippen LogP contribution >= 0.6 is 12.2 Å². The zero-order valence-corrected chi connectivity index (χ0v) is 10.7. The van der Waals surface area contributed by atoms with Gasteiger partial charge >= 0.3 is 0 Å². The molecule has 0 aliphatic heterocycles. The van der Waals surface area contributed by atoms with E-state index < -0.39 is 0 Å². The summed E-state index contributed by atoms with van der Waals surface area (Å²) in [6, 6.07) is 7.42. The van der Waals surface area contributed by atoms with Crippen molar-refractivity contribution >= 4 is 23.0 Å². The fraction of sp³-hybridized carbons (Fsp3) is 0.167. The molecule has 0 saturated carbocycles. The molecule has 0 aromatic carbocycles. The van der Waals surface area contributed by atoms with E-state index in [1.54, 1.807) is 6.20 Å². The first-order valence-electron chi connectivity index (χ1n) is 5.44. The quantitative estimate of drug-likeness (QED) is 0.809. The van der Waals surface area contributed by atoms with E-state index in [-0.39, 0.29) is 0 Å². The van der Waals surface area contributed by atoms with Crippen LogP contribution in [0, 0.1) is 6.92 Å². The van der Waals surface area contributed by atoms with E-state index in [1.807, 2.05) is 31.2 Å². The zero-order chi connectivity index (χ0) is 13.0. The minimum Gasteiger partial charge on any atom is -0.389 e. The monoisotopic (exact) mass is 259 g/mol. The van der Waals surface area contributed by atoms with Crippen LogP contribution in [0.2, 0.25) is 0 Å². The maximum absolute atomic E-state index is 5.61. The number of aromatic nitrogens is 3. The number of nitrogens with one attached hydrogen (secondary N) is 1. The number of aryl methyl sites for hydroxylation is 1. The second kappa shape index (κ2) is 5.50. The van der Waals surface area contributed by atoms with Crippen molar-refractivity contribution in [1.82, 2.24) is 15.2 Å². The molecule has 0 atom stereocenters. The Kier molecular flexibility index (Phi) is 3.78. The van der Waals surface area contributed by atoms with Gasteiger partial charge in [-0.3, -0.25) is 0 Å². The van der Waals surface area contributed by atoms with E-state index >= 15 is 0 Å². The summed E-state index contributed by atoms with van der Waals surface area (Å²) in [4.78, 5) is 4.72. The van der Waals surface area contributed by atoms with Crippen molar-refractivity contribution in [3.63, 3.8) is 0 Å². The third-order valence-corrected chi connectivity index (χ3v) is 2.55. The molecule has 0 aliphatic carbocycles. The van der Waals surface area contributed by atoms with E-state index in [2.05, 4.69) is 20.5 Å². The molecule has 2 rings (SSSR count). The number of anilines is 1. The Bertz CT molecular complexity index is 556. The lowest BCUT2D eigenvalue weighted by Crippen LogP contribution is -2.12. The van der Waals surface area contributed by atoms with Gasteiger partial charge < -0.3 is 11.1 Å². The highest BCUT2D eigenvalue weighted by Crippen LogP contribution is 2.11. The molecule has 0 fully saturated rings. The molecule has 92 valence electrons. The summed E-state index contributed by atoms with van der Waals surface area (Å²) in [6.07, 6.45) is 1.64. The first kappa shape index (κ1) is 12.4. The molecular formula is C12H13N5S. The normalized spacial score (nSPS) is 10.1. The third kappa shape index (κ3) is 3.21. The second-order valence-corrected chi connectivity index (χ2v) is 4.26. The summed E-state index contributed by atoms with van der Waals surface area (Å²) in [6.45, 7) is 2.45. The van der Waals surface area contributed by atoms with E-state index in [1.165, 1.54) is 0 Å². The molecule has 3 N–H and O–H groups in total. The molecular weight excluding hydrogens is 246 g/mol. The van der Waals surface area contributed by atoms with Crippen LogP contribution in [0.4, 0.5) is 5.82 Å². The van der Waals surface area contributed by atoms with Crippen molar-refractivity contribution in [2.75, 3.05) is 5.32 Å². The summed E-state index contributed by atoms with van der Waals surface area (Å²) in [7, 11) is 0. The first-order chi connectivity index (χ1) is 8.65. The maximum atomic E-state index is 5.61. The minimum atomic E-state index is 0.364. The topological polar surface area (TPSA) is 76.7 Å². The Balaban J connectivity index is 2.12. The number of pyridine rings is 1. The van der Waals surface area contributed by atoms with Gasteiger partial charge in [0, 0.05) is 17.5 Å². The SMILES string of the molecule is Cc1cc(C(N)=S)cc(NCc2cccnn2)n1. The van der Waals surface area contributed by atoms with Gasteiger partial charge in [-0.05, 0) is 31.2 Å². The molecule has 0 aliphatic rings. The van der Waals surface area contributed by atoms with E-state index in [9.17, 15) is 0 Å². The lowest BCUT2D eigenvalue weighted by atomic mass is 10.2. The van der Waals surface area contributed by atoms with Crippen LogP contribution < -0.4 is 11.1 Å². The predicted molar refractivity (Wildman–Crippen MR) is 74.2 cm³/mol. The van der Waals surface area contributed by atoms with Crippen LogP contribution in [0.3, 0.4) is 0 Å². The molecule has 2 aromatic heterocycles. The van der Waals surface area contributed by atoms with Gasteiger partial charge in [0.1, 0.15) is 10.8 Å². The average Bonchev–Trinajstić information content (AvgIpc) is 2.37. The third-order valence-electron chi connectivity index (χ3n) is 2.32. The van der Waals surface area contributed by atoms with Gasteiger partial charge in [0.05, 0.1) is 12.2 Å². The van der Waals surface area contributed by atoms with Gasteiger partial charge in [0.25, 0.3) is 0 Å². The Morgan fingerprint density at radius 3 is 2.94 bits per heavy atom. The van der Waals surface area contributed by atoms with Gasteiger partial charge in [-0.2, -0.15) is 10.2 Å². The predicted octanol–water partition coefficient (Wildman–Crippen LogP) is 1.43. The van der Waals surface area contributed by atoms with Crippen LogP contribution in [-0.2, 0) is 6.54 Å². The molecule has 0 spiro atoms. The van der Waals surface area contributed by atoms with Crippen LogP contribution in [0.5, 0.6) is 0 Å². The van der Waals surface area contributed by atoms with Crippen LogP contribution in [0.15, 0.2) is 30.5 Å². The minimum absolute atomic E-state index is 0.364. The number of hydrogen-bond acceptors (Lipinski definition) is 5. The number of thiocarbonyl (C=S) groups is 1. The Hall–Kier alpha value is -2.08. The summed E-state index contributed by atoms with van der Waals surface area (Å²) in [5.74, 6) is 0.725. The number of nitrogens with zero attached hydrogens (tertiary/aromatic N) is 3. The highest BCUT2D eigenvalue weighted by Gasteiger charge is 2.02. The van der Waals surface area contributed by atoms with Crippen LogP contribution in [-0.4, -0.2) is 20.2 Å². The van der Waals surface area contributed by atoms with Crippen molar-refractivity contribution in [3.05, 3.63) is 47.4 Å². The highest BCUT2D eigenvalue weighted by molar-refractivity contribution is 7.80. The molecule has 0 radical (unpaired) electrons. The molecule has 0 amide bonds. The summed E-state index contributed by atoms with van der Waals surface area (Å²) < 4.78 is 0. The fourth-order valence-electron chi connectivity index (χ4n) is 1.51. The van der Waals surface area contributed by atoms with E-state index in [4.69, 9.17) is 18.0 Å². The number of nitrogens with two attached hydrogens (primary N) is 1. The Morgan fingerprint density at radius 2 is 2.28 bits per heavy atom. The van der Waals surface area contributed by atoms with Crippen molar-refractivity contribution in [2.24, 2.45) is 5.73 Å².